The van der Waals surface area contributed by atoms with Gasteiger partial charge in [-0.3, -0.25) is 13.6 Å². The molecule has 0 fully saturated rings. The highest BCUT2D eigenvalue weighted by molar-refractivity contribution is 7.48. The van der Waals surface area contributed by atoms with Crippen molar-refractivity contribution < 1.29 is 40.8 Å². The third-order valence-electron chi connectivity index (χ3n) is 6.79. The Bertz CT molecular complexity index is 1340. The molecule has 0 N–H and O–H groups in total. The van der Waals surface area contributed by atoms with E-state index in [9.17, 15) is 17.7 Å². The van der Waals surface area contributed by atoms with Crippen LogP contribution in [0, 0.1) is 13.8 Å². The molecule has 0 spiro atoms. The number of hydrogen-bond acceptors (Lipinski definition) is 7. The summed E-state index contributed by atoms with van der Waals surface area (Å²) in [5.41, 5.74) is 0.466. The molecule has 1 heterocycles. The molecule has 1 aliphatic heterocycles. The number of halogens is 3. The molecule has 0 bridgehead atoms. The lowest BCUT2D eigenvalue weighted by Crippen LogP contribution is -2.36. The number of alkyl halides is 3. The van der Waals surface area contributed by atoms with Gasteiger partial charge in [0, 0.05) is 6.92 Å². The highest BCUT2D eigenvalue weighted by Crippen LogP contribution is 2.56. The van der Waals surface area contributed by atoms with Crippen molar-refractivity contribution in [2.24, 2.45) is 4.99 Å². The van der Waals surface area contributed by atoms with E-state index in [1.165, 1.54) is 6.07 Å². The molecule has 1 atom stereocenters. The van der Waals surface area contributed by atoms with Gasteiger partial charge in [0.1, 0.15) is 17.9 Å². The Morgan fingerprint density at radius 3 is 2.16 bits per heavy atom. The molecule has 11 heteroatoms. The molecule has 2 aromatic carbocycles. The summed E-state index contributed by atoms with van der Waals surface area (Å²) in [5.74, 6) is 0.218. The number of rotatable bonds is 13. The van der Waals surface area contributed by atoms with Crippen molar-refractivity contribution in [2.75, 3.05) is 19.8 Å². The summed E-state index contributed by atoms with van der Waals surface area (Å²) in [6, 6.07) is 10.3. The first-order valence-electron chi connectivity index (χ1n) is 14.9. The van der Waals surface area contributed by atoms with Crippen molar-refractivity contribution in [1.82, 2.24) is 0 Å². The molecule has 0 saturated carbocycles. The minimum Gasteiger partial charge on any atom is -0.493 e. The molecule has 1 aliphatic rings. The van der Waals surface area contributed by atoms with Gasteiger partial charge < -0.3 is 9.47 Å². The summed E-state index contributed by atoms with van der Waals surface area (Å²) in [4.78, 5) is 4.60. The largest absolute Gasteiger partial charge is 0.493 e. The first kappa shape index (κ1) is 36.1. The van der Waals surface area contributed by atoms with Crippen molar-refractivity contribution in [3.63, 3.8) is 0 Å². The van der Waals surface area contributed by atoms with Gasteiger partial charge in [-0.05, 0) is 110 Å². The molecule has 0 amide bonds. The van der Waals surface area contributed by atoms with Crippen LogP contribution in [0.15, 0.2) is 41.4 Å². The van der Waals surface area contributed by atoms with Crippen molar-refractivity contribution in [3.05, 3.63) is 64.2 Å². The van der Waals surface area contributed by atoms with E-state index in [0.717, 1.165) is 22.8 Å². The van der Waals surface area contributed by atoms with Gasteiger partial charge in [-0.25, -0.2) is 9.56 Å². The molecular weight excluding hydrogens is 594 g/mol. The zero-order valence-corrected chi connectivity index (χ0v) is 28.3. The maximum atomic E-state index is 14.1. The molecular formula is C33H47F3NO6P. The SMILES string of the molecule is CC1=NC(CCc2ccc(OCCCc3cc(C)ccc3C)c(C(F)(F)F)c2)(COP(=O)(OC(C)(C)C)OC(C)(C)C)CO1. The Balaban J connectivity index is 1.72. The van der Waals surface area contributed by atoms with E-state index >= 15 is 0 Å². The normalized spacial score (nSPS) is 17.9. The molecule has 7 nitrogen and oxygen atoms in total. The monoisotopic (exact) mass is 641 g/mol. The first-order chi connectivity index (χ1) is 20.2. The van der Waals surface area contributed by atoms with E-state index in [-0.39, 0.29) is 38.4 Å². The molecule has 3 rings (SSSR count). The average molecular weight is 642 g/mol. The fraction of sp³-hybridized carbons (Fsp3) is 0.606. The predicted octanol–water partition coefficient (Wildman–Crippen LogP) is 9.21. The number of aliphatic imine (C=N–C) groups is 1. The third-order valence-corrected chi connectivity index (χ3v) is 8.78. The van der Waals surface area contributed by atoms with Crippen LogP contribution in [-0.4, -0.2) is 42.5 Å². The number of benzene rings is 2. The molecule has 44 heavy (non-hydrogen) atoms. The third kappa shape index (κ3) is 11.2. The van der Waals surface area contributed by atoms with E-state index in [4.69, 9.17) is 23.0 Å². The maximum absolute atomic E-state index is 14.1. The molecule has 0 aromatic heterocycles. The lowest BCUT2D eigenvalue weighted by atomic mass is 9.93. The summed E-state index contributed by atoms with van der Waals surface area (Å²) in [6.45, 7) is 16.3. The van der Waals surface area contributed by atoms with Gasteiger partial charge in [0.25, 0.3) is 0 Å². The van der Waals surface area contributed by atoms with Crippen LogP contribution in [0.2, 0.25) is 0 Å². The Hall–Kier alpha value is -2.39. The van der Waals surface area contributed by atoms with Crippen molar-refractivity contribution in [3.8, 4) is 5.75 Å². The molecule has 0 saturated heterocycles. The van der Waals surface area contributed by atoms with E-state index in [2.05, 4.69) is 11.1 Å². The molecule has 0 aliphatic carbocycles. The second-order valence-electron chi connectivity index (χ2n) is 13.5. The van der Waals surface area contributed by atoms with E-state index in [1.807, 2.05) is 26.0 Å². The van der Waals surface area contributed by atoms with Gasteiger partial charge in [-0.15, -0.1) is 0 Å². The Morgan fingerprint density at radius 2 is 1.59 bits per heavy atom. The zero-order valence-electron chi connectivity index (χ0n) is 27.4. The summed E-state index contributed by atoms with van der Waals surface area (Å²) in [6.07, 6.45) is -2.77. The minimum atomic E-state index is -4.59. The molecule has 1 unspecified atom stereocenters. The number of nitrogens with zero attached hydrogens (tertiary/aromatic N) is 1. The van der Waals surface area contributed by atoms with Gasteiger partial charge in [-0.2, -0.15) is 13.2 Å². The second-order valence-corrected chi connectivity index (χ2v) is 15.0. The van der Waals surface area contributed by atoms with Crippen LogP contribution in [-0.2, 0) is 41.9 Å². The van der Waals surface area contributed by atoms with Crippen LogP contribution in [0.5, 0.6) is 5.75 Å². The maximum Gasteiger partial charge on any atom is 0.475 e. The molecule has 0 radical (unpaired) electrons. The number of phosphoric acid groups is 1. The van der Waals surface area contributed by atoms with Gasteiger partial charge >= 0.3 is 14.0 Å². The average Bonchev–Trinajstić information content (AvgIpc) is 3.24. The summed E-state index contributed by atoms with van der Waals surface area (Å²) < 4.78 is 84.4. The first-order valence-corrected chi connectivity index (χ1v) is 16.4. The van der Waals surface area contributed by atoms with Gasteiger partial charge in [-0.1, -0.05) is 29.8 Å². The fourth-order valence-corrected chi connectivity index (χ4v) is 6.71. The summed E-state index contributed by atoms with van der Waals surface area (Å²) in [5, 5.41) is 0. The van der Waals surface area contributed by atoms with Crippen molar-refractivity contribution in [2.45, 2.75) is 111 Å². The predicted molar refractivity (Wildman–Crippen MR) is 167 cm³/mol. The summed E-state index contributed by atoms with van der Waals surface area (Å²) >= 11 is 0. The van der Waals surface area contributed by atoms with Crippen molar-refractivity contribution >= 4 is 13.7 Å². The highest BCUT2D eigenvalue weighted by Gasteiger charge is 2.43. The Morgan fingerprint density at radius 1 is 0.932 bits per heavy atom. The second kappa shape index (κ2) is 13.9. The van der Waals surface area contributed by atoms with E-state index < -0.39 is 36.3 Å². The van der Waals surface area contributed by atoms with Gasteiger partial charge in [0.2, 0.25) is 0 Å². The van der Waals surface area contributed by atoms with E-state index in [0.29, 0.717) is 24.3 Å². The van der Waals surface area contributed by atoms with Crippen LogP contribution in [0.25, 0.3) is 0 Å². The summed E-state index contributed by atoms with van der Waals surface area (Å²) in [7, 11) is -4.04. The minimum absolute atomic E-state index is 0.123. The Labute approximate surface area is 260 Å². The highest BCUT2D eigenvalue weighted by atomic mass is 31.2. The van der Waals surface area contributed by atoms with Crippen molar-refractivity contribution in [1.29, 1.82) is 0 Å². The van der Waals surface area contributed by atoms with Crippen LogP contribution >= 0.6 is 7.82 Å². The standard InChI is InChI=1S/C33H47F3NO6P/c1-23-12-13-24(2)27(19-23)11-10-18-39-29-15-14-26(20-28(29)33(34,35)36)16-17-32(21-40-25(3)37-32)22-41-44(38,42-30(4,5)6)43-31(7,8)9/h12-15,19-20H,10-11,16-18,21-22H2,1-9H3. The van der Waals surface area contributed by atoms with Gasteiger partial charge in [0.15, 0.2) is 5.90 Å². The number of phosphoric ester groups is 1. The lowest BCUT2D eigenvalue weighted by Gasteiger charge is -2.33. The lowest BCUT2D eigenvalue weighted by molar-refractivity contribution is -0.139. The number of aryl methyl sites for hydroxylation is 4. The molecule has 246 valence electrons. The van der Waals surface area contributed by atoms with Gasteiger partial charge in [0.05, 0.1) is 30.0 Å². The fourth-order valence-electron chi connectivity index (χ4n) is 4.82. The number of hydrogen-bond donors (Lipinski definition) is 0. The quantitative estimate of drug-likeness (QED) is 0.160. The van der Waals surface area contributed by atoms with Crippen LogP contribution < -0.4 is 4.74 Å². The zero-order chi connectivity index (χ0) is 33.0. The topological polar surface area (TPSA) is 75.6 Å². The van der Waals surface area contributed by atoms with Crippen LogP contribution in [0.4, 0.5) is 13.2 Å². The van der Waals surface area contributed by atoms with Crippen LogP contribution in [0.1, 0.15) is 89.1 Å². The number of ether oxygens (including phenoxy) is 2. The Kier molecular flexibility index (Phi) is 11.4. The van der Waals surface area contributed by atoms with Crippen LogP contribution in [0.3, 0.4) is 0 Å². The smallest absolute Gasteiger partial charge is 0.475 e. The molecule has 2 aromatic rings. The van der Waals surface area contributed by atoms with E-state index in [1.54, 1.807) is 54.5 Å².